The lowest BCUT2D eigenvalue weighted by molar-refractivity contribution is -0.123. The Morgan fingerprint density at radius 2 is 1.68 bits per heavy atom. The van der Waals surface area contributed by atoms with Crippen LogP contribution in [0, 0.1) is 13.8 Å². The van der Waals surface area contributed by atoms with Crippen molar-refractivity contribution in [1.82, 2.24) is 9.78 Å². The zero-order valence-electron chi connectivity index (χ0n) is 20.3. The fraction of sp³-hybridized carbons (Fsp3) is 0.542. The molecule has 1 heterocycles. The van der Waals surface area contributed by atoms with Crippen molar-refractivity contribution in [3.63, 3.8) is 0 Å². The number of aromatic nitrogens is 2. The summed E-state index contributed by atoms with van der Waals surface area (Å²) in [5.74, 6) is -1.32. The van der Waals surface area contributed by atoms with Crippen molar-refractivity contribution in [2.24, 2.45) is 7.05 Å². The lowest BCUT2D eigenvalue weighted by Gasteiger charge is -2.27. The maximum Gasteiger partial charge on any atom is 0.342 e. The van der Waals surface area contributed by atoms with Crippen LogP contribution in [-0.2, 0) is 27.4 Å². The van der Waals surface area contributed by atoms with Crippen LogP contribution < -0.4 is 5.32 Å². The molecule has 1 amide bonds. The molecule has 0 unspecified atom stereocenters. The van der Waals surface area contributed by atoms with Crippen LogP contribution in [0.2, 0.25) is 0 Å². The molecule has 2 aromatic rings. The highest BCUT2D eigenvalue weighted by atomic mass is 16.5. The number of benzene rings is 1. The molecule has 0 fully saturated rings. The van der Waals surface area contributed by atoms with E-state index >= 15 is 0 Å². The van der Waals surface area contributed by atoms with E-state index in [9.17, 15) is 14.7 Å². The Morgan fingerprint density at radius 3 is 2.13 bits per heavy atom. The topological polar surface area (TPSA) is 93.5 Å². The molecule has 0 aliphatic carbocycles. The van der Waals surface area contributed by atoms with E-state index in [1.54, 1.807) is 24.7 Å². The van der Waals surface area contributed by atoms with Crippen molar-refractivity contribution in [1.29, 1.82) is 0 Å². The number of esters is 1. The van der Waals surface area contributed by atoms with Crippen LogP contribution in [0.4, 0.5) is 5.69 Å². The van der Waals surface area contributed by atoms with Gasteiger partial charge in [0, 0.05) is 12.6 Å². The van der Waals surface area contributed by atoms with Crippen molar-refractivity contribution >= 4 is 17.6 Å². The molecular weight excluding hydrogens is 394 g/mol. The molecule has 0 radical (unpaired) electrons. The minimum Gasteiger partial charge on any atom is -0.507 e. The molecule has 7 heteroatoms. The van der Waals surface area contributed by atoms with Crippen molar-refractivity contribution < 1.29 is 19.4 Å². The fourth-order valence-corrected chi connectivity index (χ4v) is 3.25. The summed E-state index contributed by atoms with van der Waals surface area (Å²) in [5, 5.41) is 17.9. The van der Waals surface area contributed by atoms with Crippen LogP contribution in [0.1, 0.15) is 81.3 Å². The van der Waals surface area contributed by atoms with Crippen molar-refractivity contribution in [3.8, 4) is 5.75 Å². The summed E-state index contributed by atoms with van der Waals surface area (Å²) in [5.41, 5.74) is 3.09. The Labute approximate surface area is 184 Å². The quantitative estimate of drug-likeness (QED) is 0.697. The lowest BCUT2D eigenvalue weighted by Crippen LogP contribution is -2.30. The SMILES string of the molecule is Cc1nn(C)c(C)c1NC(=O)[C@@H](C)OC(=O)c1cc(C(C)(C)C)cc(C(C)(C)C)c1O. The van der Waals surface area contributed by atoms with Gasteiger partial charge < -0.3 is 15.2 Å². The van der Waals surface area contributed by atoms with E-state index < -0.39 is 18.0 Å². The van der Waals surface area contributed by atoms with Gasteiger partial charge in [0.15, 0.2) is 6.10 Å². The summed E-state index contributed by atoms with van der Waals surface area (Å²) in [6.45, 7) is 17.2. The monoisotopic (exact) mass is 429 g/mol. The predicted octanol–water partition coefficient (Wildman–Crippen LogP) is 4.52. The second-order valence-corrected chi connectivity index (χ2v) is 10.1. The average Bonchev–Trinajstić information content (AvgIpc) is 2.85. The maximum absolute atomic E-state index is 13.0. The smallest absolute Gasteiger partial charge is 0.342 e. The molecule has 0 aliphatic rings. The first-order valence-corrected chi connectivity index (χ1v) is 10.4. The predicted molar refractivity (Wildman–Crippen MR) is 122 cm³/mol. The standard InChI is InChI=1S/C24H35N3O4/c1-13-19(14(2)27(10)26-13)25-21(29)15(3)31-22(30)17-11-16(23(4,5)6)12-18(20(17)28)24(7,8)9/h11-12,15,28H,1-10H3,(H,25,29)/t15-/m1/s1. The van der Waals surface area contributed by atoms with Gasteiger partial charge in [-0.05, 0) is 43.2 Å². The van der Waals surface area contributed by atoms with Crippen LogP contribution in [0.5, 0.6) is 5.75 Å². The number of nitrogens with zero attached hydrogens (tertiary/aromatic N) is 2. The van der Waals surface area contributed by atoms with Gasteiger partial charge in [0.05, 0.1) is 17.1 Å². The van der Waals surface area contributed by atoms with Crippen molar-refractivity contribution in [3.05, 3.63) is 40.2 Å². The Kier molecular flexibility index (Phi) is 6.59. The number of aryl methyl sites for hydroxylation is 2. The molecule has 2 N–H and O–H groups in total. The molecule has 0 aliphatic heterocycles. The van der Waals surface area contributed by atoms with E-state index in [4.69, 9.17) is 4.74 Å². The normalized spacial score (nSPS) is 13.1. The lowest BCUT2D eigenvalue weighted by atomic mass is 9.79. The van der Waals surface area contributed by atoms with Gasteiger partial charge in [-0.2, -0.15) is 5.10 Å². The van der Waals surface area contributed by atoms with E-state index in [0.29, 0.717) is 16.9 Å². The van der Waals surface area contributed by atoms with Gasteiger partial charge in [0.2, 0.25) is 0 Å². The third-order valence-corrected chi connectivity index (χ3v) is 5.41. The largest absolute Gasteiger partial charge is 0.507 e. The van der Waals surface area contributed by atoms with Gasteiger partial charge in [-0.15, -0.1) is 0 Å². The molecule has 0 spiro atoms. The summed E-state index contributed by atoms with van der Waals surface area (Å²) in [6, 6.07) is 3.57. The van der Waals surface area contributed by atoms with Gasteiger partial charge in [0.25, 0.3) is 5.91 Å². The Morgan fingerprint density at radius 1 is 1.10 bits per heavy atom. The van der Waals surface area contributed by atoms with Gasteiger partial charge in [-0.1, -0.05) is 47.6 Å². The first-order valence-electron chi connectivity index (χ1n) is 10.4. The number of carbonyl (C=O) groups is 2. The number of amides is 1. The zero-order valence-corrected chi connectivity index (χ0v) is 20.3. The molecule has 0 saturated carbocycles. The van der Waals surface area contributed by atoms with Gasteiger partial charge in [-0.25, -0.2) is 4.79 Å². The number of phenolic OH excluding ortho intramolecular Hbond substituents is 1. The fourth-order valence-electron chi connectivity index (χ4n) is 3.25. The van der Waals surface area contributed by atoms with Crippen LogP contribution in [-0.4, -0.2) is 32.9 Å². The second-order valence-electron chi connectivity index (χ2n) is 10.1. The molecule has 2 rings (SSSR count). The van der Waals surface area contributed by atoms with Crippen LogP contribution in [0.25, 0.3) is 0 Å². The van der Waals surface area contributed by atoms with E-state index in [2.05, 4.69) is 10.4 Å². The van der Waals surface area contributed by atoms with Gasteiger partial charge in [-0.3, -0.25) is 9.48 Å². The van der Waals surface area contributed by atoms with Crippen LogP contribution in [0.3, 0.4) is 0 Å². The molecule has 0 saturated heterocycles. The number of nitrogens with one attached hydrogen (secondary N) is 1. The van der Waals surface area contributed by atoms with E-state index in [1.807, 2.05) is 54.5 Å². The molecular formula is C24H35N3O4. The number of rotatable bonds is 4. The third kappa shape index (κ3) is 5.27. The number of phenols is 1. The number of hydrogen-bond acceptors (Lipinski definition) is 5. The van der Waals surface area contributed by atoms with Gasteiger partial charge >= 0.3 is 5.97 Å². The molecule has 170 valence electrons. The summed E-state index contributed by atoms with van der Waals surface area (Å²) in [4.78, 5) is 25.6. The molecule has 7 nitrogen and oxygen atoms in total. The van der Waals surface area contributed by atoms with Crippen LogP contribution >= 0.6 is 0 Å². The molecule has 1 atom stereocenters. The minimum atomic E-state index is -1.05. The first-order chi connectivity index (χ1) is 14.0. The van der Waals surface area contributed by atoms with Crippen LogP contribution in [0.15, 0.2) is 12.1 Å². The van der Waals surface area contributed by atoms with Crippen molar-refractivity contribution in [2.45, 2.75) is 79.2 Å². The molecule has 1 aromatic heterocycles. The summed E-state index contributed by atoms with van der Waals surface area (Å²) >= 11 is 0. The van der Waals surface area contributed by atoms with Crippen molar-refractivity contribution in [2.75, 3.05) is 5.32 Å². The number of carbonyl (C=O) groups excluding carboxylic acids is 2. The summed E-state index contributed by atoms with van der Waals surface area (Å²) in [6.07, 6.45) is -1.05. The Balaban J connectivity index is 2.32. The summed E-state index contributed by atoms with van der Waals surface area (Å²) in [7, 11) is 1.79. The highest BCUT2D eigenvalue weighted by Gasteiger charge is 2.29. The first kappa shape index (κ1) is 24.4. The number of anilines is 1. The average molecular weight is 430 g/mol. The molecule has 31 heavy (non-hydrogen) atoms. The summed E-state index contributed by atoms with van der Waals surface area (Å²) < 4.78 is 7.11. The number of aromatic hydroxyl groups is 1. The Hall–Kier alpha value is -2.83. The zero-order chi connectivity index (χ0) is 23.9. The minimum absolute atomic E-state index is 0.0609. The van der Waals surface area contributed by atoms with Gasteiger partial charge in [0.1, 0.15) is 11.3 Å². The number of hydrogen-bond donors (Lipinski definition) is 2. The van der Waals surface area contributed by atoms with E-state index in [-0.39, 0.29) is 22.1 Å². The molecule has 1 aromatic carbocycles. The maximum atomic E-state index is 13.0. The highest BCUT2D eigenvalue weighted by Crippen LogP contribution is 2.38. The van der Waals surface area contributed by atoms with E-state index in [0.717, 1.165) is 11.3 Å². The molecule has 0 bridgehead atoms. The Bertz CT molecular complexity index is 1010. The highest BCUT2D eigenvalue weighted by molar-refractivity contribution is 5.99. The third-order valence-electron chi connectivity index (χ3n) is 5.41. The second kappa shape index (κ2) is 8.36. The number of ether oxygens (including phenoxy) is 1. The van der Waals surface area contributed by atoms with E-state index in [1.165, 1.54) is 6.92 Å².